The second kappa shape index (κ2) is 7.04. The van der Waals surface area contributed by atoms with E-state index in [0.717, 1.165) is 38.9 Å². The highest BCUT2D eigenvalue weighted by molar-refractivity contribution is 5.85. The van der Waals surface area contributed by atoms with Crippen molar-refractivity contribution in [3.05, 3.63) is 35.9 Å². The molecule has 0 radical (unpaired) electrons. The number of rotatable bonds is 4. The van der Waals surface area contributed by atoms with Gasteiger partial charge >= 0.3 is 6.03 Å². The molecule has 1 unspecified atom stereocenters. The van der Waals surface area contributed by atoms with Gasteiger partial charge in [0.15, 0.2) is 0 Å². The van der Waals surface area contributed by atoms with Crippen molar-refractivity contribution in [3.8, 4) is 0 Å². The molecule has 0 aromatic heterocycles. The Morgan fingerprint density at radius 1 is 1.08 bits per heavy atom. The van der Waals surface area contributed by atoms with E-state index in [1.54, 1.807) is 4.90 Å². The lowest BCUT2D eigenvalue weighted by atomic mass is 10.2. The molecule has 2 aliphatic heterocycles. The summed E-state index contributed by atoms with van der Waals surface area (Å²) in [5.41, 5.74) is 1.30. The summed E-state index contributed by atoms with van der Waals surface area (Å²) in [5, 5.41) is 3.12. The van der Waals surface area contributed by atoms with Gasteiger partial charge in [-0.15, -0.1) is 0 Å². The van der Waals surface area contributed by atoms with Crippen LogP contribution >= 0.6 is 0 Å². The van der Waals surface area contributed by atoms with Crippen molar-refractivity contribution in [2.24, 2.45) is 0 Å². The first-order valence-corrected chi connectivity index (χ1v) is 9.30. The number of hydrogen-bond donors (Lipinski definition) is 1. The third-order valence-corrected chi connectivity index (χ3v) is 5.38. The van der Waals surface area contributed by atoms with E-state index in [4.69, 9.17) is 0 Å². The van der Waals surface area contributed by atoms with Crippen molar-refractivity contribution >= 4 is 11.9 Å². The van der Waals surface area contributed by atoms with Crippen LogP contribution in [0.3, 0.4) is 0 Å². The van der Waals surface area contributed by atoms with Gasteiger partial charge in [-0.1, -0.05) is 30.3 Å². The molecular weight excluding hydrogens is 316 g/mol. The van der Waals surface area contributed by atoms with E-state index in [-0.39, 0.29) is 24.5 Å². The van der Waals surface area contributed by atoms with E-state index >= 15 is 0 Å². The molecule has 2 heterocycles. The van der Waals surface area contributed by atoms with Crippen LogP contribution in [0, 0.1) is 0 Å². The topological polar surface area (TPSA) is 55.9 Å². The lowest BCUT2D eigenvalue weighted by Crippen LogP contribution is -2.56. The first-order valence-electron chi connectivity index (χ1n) is 9.30. The number of nitrogens with one attached hydrogen (secondary N) is 1. The average molecular weight is 342 g/mol. The Kier molecular flexibility index (Phi) is 4.61. The van der Waals surface area contributed by atoms with E-state index in [9.17, 15) is 9.59 Å². The average Bonchev–Trinajstić information content (AvgIpc) is 3.37. The van der Waals surface area contributed by atoms with Gasteiger partial charge in [0.05, 0.1) is 0 Å². The van der Waals surface area contributed by atoms with Gasteiger partial charge in [-0.05, 0) is 24.8 Å². The predicted molar refractivity (Wildman–Crippen MR) is 95.0 cm³/mol. The first-order chi connectivity index (χ1) is 12.2. The normalized spacial score (nSPS) is 24.6. The van der Waals surface area contributed by atoms with E-state index in [2.05, 4.69) is 34.5 Å². The molecule has 25 heavy (non-hydrogen) atoms. The van der Waals surface area contributed by atoms with Crippen molar-refractivity contribution in [2.45, 2.75) is 37.9 Å². The SMILES string of the molecule is O=C(NC1CCN(Cc2ccccc2)C1)N1CCN(C2CC2)C(=O)C1. The van der Waals surface area contributed by atoms with Crippen molar-refractivity contribution in [1.29, 1.82) is 0 Å². The largest absolute Gasteiger partial charge is 0.336 e. The summed E-state index contributed by atoms with van der Waals surface area (Å²) in [5.74, 6) is 0.0982. The maximum Gasteiger partial charge on any atom is 0.318 e. The molecule has 2 saturated heterocycles. The second-order valence-corrected chi connectivity index (χ2v) is 7.40. The molecule has 0 spiro atoms. The number of carbonyl (C=O) groups excluding carboxylic acids is 2. The molecule has 1 aromatic rings. The van der Waals surface area contributed by atoms with Gasteiger partial charge in [0.25, 0.3) is 0 Å². The Morgan fingerprint density at radius 2 is 1.88 bits per heavy atom. The molecule has 1 aromatic carbocycles. The molecule has 3 fully saturated rings. The Bertz CT molecular complexity index is 632. The summed E-state index contributed by atoms with van der Waals surface area (Å²) in [6.07, 6.45) is 3.21. The second-order valence-electron chi connectivity index (χ2n) is 7.40. The molecule has 6 heteroatoms. The number of carbonyl (C=O) groups is 2. The van der Waals surface area contributed by atoms with Gasteiger partial charge < -0.3 is 15.1 Å². The highest BCUT2D eigenvalue weighted by Crippen LogP contribution is 2.28. The molecular formula is C19H26N4O2. The van der Waals surface area contributed by atoms with Gasteiger partial charge in [-0.3, -0.25) is 9.69 Å². The van der Waals surface area contributed by atoms with E-state index in [1.807, 2.05) is 11.0 Å². The first kappa shape index (κ1) is 16.4. The molecule has 1 saturated carbocycles. The van der Waals surface area contributed by atoms with Crippen LogP contribution in [-0.2, 0) is 11.3 Å². The number of nitrogens with zero attached hydrogens (tertiary/aromatic N) is 3. The molecule has 4 rings (SSSR count). The Hall–Kier alpha value is -2.08. The third-order valence-electron chi connectivity index (χ3n) is 5.38. The van der Waals surface area contributed by atoms with Gasteiger partial charge in [-0.25, -0.2) is 4.79 Å². The molecule has 6 nitrogen and oxygen atoms in total. The van der Waals surface area contributed by atoms with E-state index in [0.29, 0.717) is 19.1 Å². The molecule has 0 bridgehead atoms. The molecule has 134 valence electrons. The van der Waals surface area contributed by atoms with E-state index < -0.39 is 0 Å². The summed E-state index contributed by atoms with van der Waals surface area (Å²) < 4.78 is 0. The van der Waals surface area contributed by atoms with E-state index in [1.165, 1.54) is 5.56 Å². The number of hydrogen-bond acceptors (Lipinski definition) is 3. The summed E-state index contributed by atoms with van der Waals surface area (Å²) in [6, 6.07) is 10.9. The van der Waals surface area contributed by atoms with Gasteiger partial charge in [0.2, 0.25) is 5.91 Å². The fourth-order valence-electron chi connectivity index (χ4n) is 3.83. The summed E-state index contributed by atoms with van der Waals surface area (Å²) in [7, 11) is 0. The Labute approximate surface area is 148 Å². The van der Waals surface area contributed by atoms with Crippen molar-refractivity contribution in [3.63, 3.8) is 0 Å². The summed E-state index contributed by atoms with van der Waals surface area (Å²) in [6.45, 7) is 4.34. The third kappa shape index (κ3) is 3.95. The predicted octanol–water partition coefficient (Wildman–Crippen LogP) is 1.28. The monoisotopic (exact) mass is 342 g/mol. The smallest absolute Gasteiger partial charge is 0.318 e. The van der Waals surface area contributed by atoms with Crippen LogP contribution in [0.4, 0.5) is 4.79 Å². The van der Waals surface area contributed by atoms with Gasteiger partial charge in [-0.2, -0.15) is 0 Å². The van der Waals surface area contributed by atoms with Crippen LogP contribution < -0.4 is 5.32 Å². The highest BCUT2D eigenvalue weighted by atomic mass is 16.2. The zero-order chi connectivity index (χ0) is 17.2. The van der Waals surface area contributed by atoms with Crippen molar-refractivity contribution in [1.82, 2.24) is 20.0 Å². The van der Waals surface area contributed by atoms with Crippen LogP contribution in [-0.4, -0.2) is 71.4 Å². The molecule has 3 amide bonds. The lowest BCUT2D eigenvalue weighted by Gasteiger charge is -2.35. The Morgan fingerprint density at radius 3 is 2.60 bits per heavy atom. The number of urea groups is 1. The minimum absolute atomic E-state index is 0.0876. The van der Waals surface area contributed by atoms with Crippen LogP contribution in [0.5, 0.6) is 0 Å². The molecule has 1 atom stereocenters. The number of amides is 3. The fourth-order valence-corrected chi connectivity index (χ4v) is 3.83. The van der Waals surface area contributed by atoms with Crippen molar-refractivity contribution < 1.29 is 9.59 Å². The highest BCUT2D eigenvalue weighted by Gasteiger charge is 2.37. The van der Waals surface area contributed by atoms with Crippen LogP contribution in [0.1, 0.15) is 24.8 Å². The minimum Gasteiger partial charge on any atom is -0.336 e. The van der Waals surface area contributed by atoms with Crippen molar-refractivity contribution in [2.75, 3.05) is 32.7 Å². The van der Waals surface area contributed by atoms with Gasteiger partial charge in [0, 0.05) is 44.8 Å². The number of benzene rings is 1. The van der Waals surface area contributed by atoms with Crippen LogP contribution in [0.25, 0.3) is 0 Å². The zero-order valence-corrected chi connectivity index (χ0v) is 14.6. The number of piperazine rings is 1. The van der Waals surface area contributed by atoms with Gasteiger partial charge in [0.1, 0.15) is 6.54 Å². The number of likely N-dealkylation sites (tertiary alicyclic amines) is 1. The maximum absolute atomic E-state index is 12.5. The summed E-state index contributed by atoms with van der Waals surface area (Å²) in [4.78, 5) is 30.6. The molecule has 3 aliphatic rings. The quantitative estimate of drug-likeness (QED) is 0.897. The summed E-state index contributed by atoms with van der Waals surface area (Å²) >= 11 is 0. The van der Waals surface area contributed by atoms with Crippen LogP contribution in [0.2, 0.25) is 0 Å². The van der Waals surface area contributed by atoms with Crippen LogP contribution in [0.15, 0.2) is 30.3 Å². The molecule has 1 N–H and O–H groups in total. The zero-order valence-electron chi connectivity index (χ0n) is 14.6. The fraction of sp³-hybridized carbons (Fsp3) is 0.579. The molecule has 1 aliphatic carbocycles. The lowest BCUT2D eigenvalue weighted by molar-refractivity contribution is -0.135. The minimum atomic E-state index is -0.0876. The maximum atomic E-state index is 12.5. The standard InChI is InChI=1S/C19H26N4O2/c24-18-14-22(10-11-23(18)17-6-7-17)19(25)20-16-8-9-21(13-16)12-15-4-2-1-3-5-15/h1-5,16-17H,6-14H2,(H,20,25). The Balaban J connectivity index is 1.24.